The first-order valence-corrected chi connectivity index (χ1v) is 7.40. The first kappa shape index (κ1) is 16.7. The van der Waals surface area contributed by atoms with Gasteiger partial charge in [-0.3, -0.25) is 9.59 Å². The number of anilines is 1. The van der Waals surface area contributed by atoms with Gasteiger partial charge < -0.3 is 10.6 Å². The molecule has 5 heteroatoms. The van der Waals surface area contributed by atoms with Crippen LogP contribution in [0.5, 0.6) is 0 Å². The van der Waals surface area contributed by atoms with Crippen LogP contribution in [-0.4, -0.2) is 17.9 Å². The van der Waals surface area contributed by atoms with E-state index in [0.29, 0.717) is 16.8 Å². The SMILES string of the molecule is CC(C)NC(=O)c1ccccc1NC(=O)Cc1ccccc1F. The fraction of sp³-hybridized carbons (Fsp3) is 0.222. The standard InChI is InChI=1S/C18H19FN2O2/c1-12(2)20-18(23)14-8-4-6-10-16(14)21-17(22)11-13-7-3-5-9-15(13)19/h3-10,12H,11H2,1-2H3,(H,20,23)(H,21,22). The molecule has 0 saturated carbocycles. The van der Waals surface area contributed by atoms with Crippen LogP contribution in [0.15, 0.2) is 48.5 Å². The molecule has 0 aliphatic carbocycles. The van der Waals surface area contributed by atoms with Gasteiger partial charge in [-0.25, -0.2) is 4.39 Å². The topological polar surface area (TPSA) is 58.2 Å². The van der Waals surface area contributed by atoms with Gasteiger partial charge >= 0.3 is 0 Å². The lowest BCUT2D eigenvalue weighted by atomic mass is 10.1. The second-order valence-corrected chi connectivity index (χ2v) is 5.49. The number of amides is 2. The molecular weight excluding hydrogens is 295 g/mol. The summed E-state index contributed by atoms with van der Waals surface area (Å²) in [7, 11) is 0. The number of carbonyl (C=O) groups excluding carboxylic acids is 2. The third kappa shape index (κ3) is 4.64. The highest BCUT2D eigenvalue weighted by atomic mass is 19.1. The van der Waals surface area contributed by atoms with Gasteiger partial charge in [-0.2, -0.15) is 0 Å². The molecule has 0 atom stereocenters. The summed E-state index contributed by atoms with van der Waals surface area (Å²) in [6.07, 6.45) is -0.0905. The second kappa shape index (κ2) is 7.54. The number of hydrogen-bond donors (Lipinski definition) is 2. The molecule has 0 bridgehead atoms. The van der Waals surface area contributed by atoms with Crippen LogP contribution in [0.4, 0.5) is 10.1 Å². The van der Waals surface area contributed by atoms with E-state index in [2.05, 4.69) is 10.6 Å². The zero-order valence-electron chi connectivity index (χ0n) is 13.1. The van der Waals surface area contributed by atoms with Gasteiger partial charge in [0.15, 0.2) is 0 Å². The number of carbonyl (C=O) groups is 2. The highest BCUT2D eigenvalue weighted by Crippen LogP contribution is 2.16. The fourth-order valence-electron chi connectivity index (χ4n) is 2.14. The van der Waals surface area contributed by atoms with E-state index in [9.17, 15) is 14.0 Å². The smallest absolute Gasteiger partial charge is 0.253 e. The monoisotopic (exact) mass is 314 g/mol. The third-order valence-electron chi connectivity index (χ3n) is 3.17. The number of nitrogens with one attached hydrogen (secondary N) is 2. The summed E-state index contributed by atoms with van der Waals surface area (Å²) in [4.78, 5) is 24.3. The van der Waals surface area contributed by atoms with Crippen molar-refractivity contribution < 1.29 is 14.0 Å². The molecule has 0 heterocycles. The summed E-state index contributed by atoms with van der Waals surface area (Å²) in [6, 6.07) is 12.8. The highest BCUT2D eigenvalue weighted by molar-refractivity contribution is 6.04. The van der Waals surface area contributed by atoms with Gasteiger partial charge in [0.2, 0.25) is 5.91 Å². The van der Waals surface area contributed by atoms with Crippen molar-refractivity contribution in [3.63, 3.8) is 0 Å². The molecule has 0 radical (unpaired) electrons. The van der Waals surface area contributed by atoms with Crippen LogP contribution in [0.3, 0.4) is 0 Å². The normalized spacial score (nSPS) is 10.4. The number of para-hydroxylation sites is 1. The Morgan fingerprint density at radius 2 is 1.70 bits per heavy atom. The molecule has 2 aromatic rings. The maximum Gasteiger partial charge on any atom is 0.253 e. The molecule has 2 rings (SSSR count). The van der Waals surface area contributed by atoms with E-state index < -0.39 is 5.82 Å². The van der Waals surface area contributed by atoms with E-state index in [4.69, 9.17) is 0 Å². The quantitative estimate of drug-likeness (QED) is 0.891. The van der Waals surface area contributed by atoms with Crippen molar-refractivity contribution >= 4 is 17.5 Å². The van der Waals surface area contributed by atoms with Crippen LogP contribution in [0, 0.1) is 5.82 Å². The average molecular weight is 314 g/mol. The van der Waals surface area contributed by atoms with Crippen molar-refractivity contribution in [1.29, 1.82) is 0 Å². The number of rotatable bonds is 5. The molecule has 2 aromatic carbocycles. The number of hydrogen-bond acceptors (Lipinski definition) is 2. The number of benzene rings is 2. The molecule has 2 N–H and O–H groups in total. The van der Waals surface area contributed by atoms with Gasteiger partial charge in [0.25, 0.3) is 5.91 Å². The maximum absolute atomic E-state index is 13.6. The van der Waals surface area contributed by atoms with Crippen LogP contribution in [0.2, 0.25) is 0 Å². The Balaban J connectivity index is 2.12. The predicted molar refractivity (Wildman–Crippen MR) is 87.8 cm³/mol. The lowest BCUT2D eigenvalue weighted by Gasteiger charge is -2.13. The number of halogens is 1. The first-order valence-electron chi connectivity index (χ1n) is 7.40. The molecule has 4 nitrogen and oxygen atoms in total. The molecule has 0 saturated heterocycles. The molecule has 23 heavy (non-hydrogen) atoms. The van der Waals surface area contributed by atoms with Crippen molar-refractivity contribution in [3.05, 3.63) is 65.5 Å². The van der Waals surface area contributed by atoms with Gasteiger partial charge in [0, 0.05) is 6.04 Å². The Bertz CT molecular complexity index is 714. The molecule has 2 amide bonds. The van der Waals surface area contributed by atoms with Crippen LogP contribution in [-0.2, 0) is 11.2 Å². The first-order chi connectivity index (χ1) is 11.0. The Labute approximate surface area is 134 Å². The molecule has 0 fully saturated rings. The summed E-state index contributed by atoms with van der Waals surface area (Å²) in [6.45, 7) is 3.72. The lowest BCUT2D eigenvalue weighted by Crippen LogP contribution is -2.31. The average Bonchev–Trinajstić information content (AvgIpc) is 2.49. The summed E-state index contributed by atoms with van der Waals surface area (Å²) in [5.74, 6) is -1.06. The molecule has 0 unspecified atom stereocenters. The summed E-state index contributed by atoms with van der Waals surface area (Å²) >= 11 is 0. The predicted octanol–water partition coefficient (Wildman–Crippen LogP) is 3.15. The molecule has 0 aliphatic heterocycles. The molecule has 120 valence electrons. The van der Waals surface area contributed by atoms with E-state index in [-0.39, 0.29) is 24.3 Å². The van der Waals surface area contributed by atoms with Crippen molar-refractivity contribution in [3.8, 4) is 0 Å². The molecule has 0 aromatic heterocycles. The van der Waals surface area contributed by atoms with Crippen molar-refractivity contribution in [1.82, 2.24) is 5.32 Å². The Morgan fingerprint density at radius 1 is 1.04 bits per heavy atom. The van der Waals surface area contributed by atoms with E-state index in [0.717, 1.165) is 0 Å². The maximum atomic E-state index is 13.6. The minimum atomic E-state index is -0.423. The fourth-order valence-corrected chi connectivity index (χ4v) is 2.14. The van der Waals surface area contributed by atoms with E-state index in [1.165, 1.54) is 6.07 Å². The van der Waals surface area contributed by atoms with E-state index in [1.54, 1.807) is 42.5 Å². The largest absolute Gasteiger partial charge is 0.350 e. The van der Waals surface area contributed by atoms with E-state index in [1.807, 2.05) is 13.8 Å². The third-order valence-corrected chi connectivity index (χ3v) is 3.17. The highest BCUT2D eigenvalue weighted by Gasteiger charge is 2.14. The zero-order valence-corrected chi connectivity index (χ0v) is 13.1. The van der Waals surface area contributed by atoms with Gasteiger partial charge in [0.05, 0.1) is 17.7 Å². The van der Waals surface area contributed by atoms with Crippen molar-refractivity contribution in [2.24, 2.45) is 0 Å². The van der Waals surface area contributed by atoms with Crippen LogP contribution in [0.25, 0.3) is 0 Å². The lowest BCUT2D eigenvalue weighted by molar-refractivity contribution is -0.115. The summed E-state index contributed by atoms with van der Waals surface area (Å²) in [5.41, 5.74) is 1.10. The Hall–Kier alpha value is -2.69. The molecule has 0 aliphatic rings. The van der Waals surface area contributed by atoms with Gasteiger partial charge in [-0.1, -0.05) is 30.3 Å². The zero-order chi connectivity index (χ0) is 16.8. The Morgan fingerprint density at radius 3 is 2.39 bits per heavy atom. The minimum Gasteiger partial charge on any atom is -0.350 e. The molecular formula is C18H19FN2O2. The van der Waals surface area contributed by atoms with Gasteiger partial charge in [-0.15, -0.1) is 0 Å². The Kier molecular flexibility index (Phi) is 5.46. The minimum absolute atomic E-state index is 0.00956. The van der Waals surface area contributed by atoms with Crippen molar-refractivity contribution in [2.75, 3.05) is 5.32 Å². The van der Waals surface area contributed by atoms with E-state index >= 15 is 0 Å². The summed E-state index contributed by atoms with van der Waals surface area (Å²) < 4.78 is 13.6. The van der Waals surface area contributed by atoms with Crippen LogP contribution < -0.4 is 10.6 Å². The van der Waals surface area contributed by atoms with Crippen LogP contribution >= 0.6 is 0 Å². The van der Waals surface area contributed by atoms with Gasteiger partial charge in [-0.05, 0) is 37.6 Å². The molecule has 0 spiro atoms. The van der Waals surface area contributed by atoms with Crippen molar-refractivity contribution in [2.45, 2.75) is 26.3 Å². The second-order valence-electron chi connectivity index (χ2n) is 5.49. The summed E-state index contributed by atoms with van der Waals surface area (Å²) in [5, 5.41) is 5.46. The van der Waals surface area contributed by atoms with Gasteiger partial charge in [0.1, 0.15) is 5.82 Å². The van der Waals surface area contributed by atoms with Crippen LogP contribution in [0.1, 0.15) is 29.8 Å².